The molecule has 0 spiro atoms. The van der Waals surface area contributed by atoms with E-state index in [1.165, 1.54) is 19.4 Å². The molecule has 0 aliphatic carbocycles. The van der Waals surface area contributed by atoms with Crippen molar-refractivity contribution in [3.05, 3.63) is 0 Å². The minimum Gasteiger partial charge on any atom is -0.381 e. The summed E-state index contributed by atoms with van der Waals surface area (Å²) in [5.74, 6) is 0. The van der Waals surface area contributed by atoms with Gasteiger partial charge in [0, 0.05) is 37.9 Å². The highest BCUT2D eigenvalue weighted by Crippen LogP contribution is 2.29. The van der Waals surface area contributed by atoms with Gasteiger partial charge in [0.2, 0.25) is 0 Å². The van der Waals surface area contributed by atoms with Gasteiger partial charge < -0.3 is 15.4 Å². The summed E-state index contributed by atoms with van der Waals surface area (Å²) in [5.41, 5.74) is 6.30. The lowest BCUT2D eigenvalue weighted by atomic mass is 9.85. The summed E-state index contributed by atoms with van der Waals surface area (Å²) in [6.45, 7) is 4.91. The maximum absolute atomic E-state index is 6.11. The average Bonchev–Trinajstić information content (AvgIpc) is 2.38. The zero-order valence-corrected chi connectivity index (χ0v) is 11.3. The van der Waals surface area contributed by atoms with Crippen LogP contribution in [0.4, 0.5) is 0 Å². The van der Waals surface area contributed by atoms with Crippen LogP contribution in [0.25, 0.3) is 0 Å². The van der Waals surface area contributed by atoms with Crippen molar-refractivity contribution in [2.45, 2.75) is 37.3 Å². The number of hydrogen-bond acceptors (Lipinski definition) is 4. The highest BCUT2D eigenvalue weighted by molar-refractivity contribution is 4.98. The van der Waals surface area contributed by atoms with Crippen LogP contribution in [0.15, 0.2) is 0 Å². The Morgan fingerprint density at radius 1 is 1.41 bits per heavy atom. The molecule has 17 heavy (non-hydrogen) atoms. The van der Waals surface area contributed by atoms with Crippen LogP contribution in [0.2, 0.25) is 0 Å². The molecule has 2 N–H and O–H groups in total. The van der Waals surface area contributed by atoms with E-state index < -0.39 is 0 Å². The Labute approximate surface area is 105 Å². The Hall–Kier alpha value is -0.160. The van der Waals surface area contributed by atoms with E-state index in [0.29, 0.717) is 6.04 Å². The molecule has 1 atom stereocenters. The number of piperidine rings is 1. The lowest BCUT2D eigenvalue weighted by molar-refractivity contribution is -0.0282. The number of nitrogens with two attached hydrogens (primary N) is 1. The van der Waals surface area contributed by atoms with Gasteiger partial charge in [-0.15, -0.1) is 0 Å². The van der Waals surface area contributed by atoms with E-state index in [2.05, 4.69) is 23.9 Å². The van der Waals surface area contributed by atoms with E-state index in [-0.39, 0.29) is 5.54 Å². The predicted octanol–water partition coefficient (Wildman–Crippen LogP) is 0.520. The van der Waals surface area contributed by atoms with E-state index in [1.807, 2.05) is 0 Å². The SMILES string of the molecule is CN1CCCC(CN)(N(C)C2CCOCC2)C1. The molecular weight excluding hydrogens is 214 g/mol. The molecule has 4 nitrogen and oxygen atoms in total. The molecular formula is C13H27N3O. The van der Waals surface area contributed by atoms with E-state index in [4.69, 9.17) is 10.5 Å². The topological polar surface area (TPSA) is 41.7 Å². The van der Waals surface area contributed by atoms with Crippen LogP contribution in [0.3, 0.4) is 0 Å². The fourth-order valence-electron chi connectivity index (χ4n) is 3.40. The molecule has 4 heteroatoms. The van der Waals surface area contributed by atoms with Crippen LogP contribution in [0.1, 0.15) is 25.7 Å². The van der Waals surface area contributed by atoms with Crippen molar-refractivity contribution in [1.29, 1.82) is 0 Å². The third kappa shape index (κ3) is 2.81. The molecule has 2 aliphatic rings. The Morgan fingerprint density at radius 2 is 2.12 bits per heavy atom. The number of likely N-dealkylation sites (N-methyl/N-ethyl adjacent to an activating group) is 2. The number of hydrogen-bond donors (Lipinski definition) is 1. The maximum Gasteiger partial charge on any atom is 0.0480 e. The Balaban J connectivity index is 2.04. The van der Waals surface area contributed by atoms with Crippen molar-refractivity contribution in [3.8, 4) is 0 Å². The largest absolute Gasteiger partial charge is 0.381 e. The number of nitrogens with zero attached hydrogens (tertiary/aromatic N) is 2. The van der Waals surface area contributed by atoms with Gasteiger partial charge in [-0.3, -0.25) is 4.90 Å². The first-order valence-corrected chi connectivity index (χ1v) is 6.87. The smallest absolute Gasteiger partial charge is 0.0480 e. The van der Waals surface area contributed by atoms with Crippen LogP contribution in [-0.2, 0) is 4.74 Å². The molecule has 2 saturated heterocycles. The minimum absolute atomic E-state index is 0.189. The van der Waals surface area contributed by atoms with Crippen molar-refractivity contribution in [3.63, 3.8) is 0 Å². The second-order valence-corrected chi connectivity index (χ2v) is 5.72. The number of rotatable bonds is 3. The van der Waals surface area contributed by atoms with Crippen LogP contribution in [0, 0.1) is 0 Å². The van der Waals surface area contributed by atoms with E-state index in [1.54, 1.807) is 0 Å². The molecule has 0 radical (unpaired) electrons. The van der Waals surface area contributed by atoms with Crippen LogP contribution < -0.4 is 5.73 Å². The van der Waals surface area contributed by atoms with Crippen LogP contribution >= 0.6 is 0 Å². The Bertz CT molecular complexity index is 243. The molecule has 100 valence electrons. The standard InChI is InChI=1S/C13H27N3O/c1-15-7-3-6-13(10-14,11-15)16(2)12-4-8-17-9-5-12/h12H,3-11,14H2,1-2H3. The van der Waals surface area contributed by atoms with E-state index in [0.717, 1.165) is 39.1 Å². The van der Waals surface area contributed by atoms with Gasteiger partial charge in [-0.1, -0.05) is 0 Å². The van der Waals surface area contributed by atoms with Crippen molar-refractivity contribution < 1.29 is 4.74 Å². The summed E-state index contributed by atoms with van der Waals surface area (Å²) in [5, 5.41) is 0. The monoisotopic (exact) mass is 241 g/mol. The molecule has 0 aromatic rings. The molecule has 0 saturated carbocycles. The third-order valence-corrected chi connectivity index (χ3v) is 4.61. The summed E-state index contributed by atoms with van der Waals surface area (Å²) in [6, 6.07) is 0.652. The third-order valence-electron chi connectivity index (χ3n) is 4.61. The minimum atomic E-state index is 0.189. The van der Waals surface area contributed by atoms with Gasteiger partial charge in [-0.25, -0.2) is 0 Å². The first kappa shape index (κ1) is 13.3. The first-order chi connectivity index (χ1) is 8.18. The zero-order valence-electron chi connectivity index (χ0n) is 11.3. The molecule has 0 aromatic carbocycles. The van der Waals surface area contributed by atoms with Gasteiger partial charge in [0.1, 0.15) is 0 Å². The van der Waals surface area contributed by atoms with Crippen molar-refractivity contribution in [2.24, 2.45) is 5.73 Å². The van der Waals surface area contributed by atoms with Crippen molar-refractivity contribution in [2.75, 3.05) is 46.9 Å². The lowest BCUT2D eigenvalue weighted by Gasteiger charge is -2.50. The fourth-order valence-corrected chi connectivity index (χ4v) is 3.40. The molecule has 2 heterocycles. The van der Waals surface area contributed by atoms with Gasteiger partial charge in [-0.05, 0) is 46.3 Å². The summed E-state index contributed by atoms with van der Waals surface area (Å²) in [7, 11) is 4.48. The summed E-state index contributed by atoms with van der Waals surface area (Å²) in [4.78, 5) is 4.98. The molecule has 0 amide bonds. The maximum atomic E-state index is 6.11. The van der Waals surface area contributed by atoms with Crippen molar-refractivity contribution in [1.82, 2.24) is 9.80 Å². The Morgan fingerprint density at radius 3 is 2.71 bits per heavy atom. The quantitative estimate of drug-likeness (QED) is 0.782. The molecule has 2 aliphatic heterocycles. The molecule has 0 bridgehead atoms. The normalized spacial score (nSPS) is 33.2. The van der Waals surface area contributed by atoms with Gasteiger partial charge in [0.15, 0.2) is 0 Å². The lowest BCUT2D eigenvalue weighted by Crippen LogP contribution is -2.63. The predicted molar refractivity (Wildman–Crippen MR) is 70.1 cm³/mol. The molecule has 2 fully saturated rings. The highest BCUT2D eigenvalue weighted by Gasteiger charge is 2.40. The van der Waals surface area contributed by atoms with E-state index >= 15 is 0 Å². The zero-order chi connectivity index (χ0) is 12.3. The van der Waals surface area contributed by atoms with Gasteiger partial charge in [-0.2, -0.15) is 0 Å². The summed E-state index contributed by atoms with van der Waals surface area (Å²) in [6.07, 6.45) is 4.81. The molecule has 2 rings (SSSR count). The highest BCUT2D eigenvalue weighted by atomic mass is 16.5. The van der Waals surface area contributed by atoms with Gasteiger partial charge in [0.25, 0.3) is 0 Å². The molecule has 0 aromatic heterocycles. The van der Waals surface area contributed by atoms with Crippen LogP contribution in [-0.4, -0.2) is 68.3 Å². The van der Waals surface area contributed by atoms with E-state index in [9.17, 15) is 0 Å². The first-order valence-electron chi connectivity index (χ1n) is 6.87. The Kier molecular flexibility index (Phi) is 4.42. The van der Waals surface area contributed by atoms with Gasteiger partial charge >= 0.3 is 0 Å². The van der Waals surface area contributed by atoms with Crippen molar-refractivity contribution >= 4 is 0 Å². The summed E-state index contributed by atoms with van der Waals surface area (Å²) < 4.78 is 5.46. The number of ether oxygens (including phenoxy) is 1. The average molecular weight is 241 g/mol. The van der Waals surface area contributed by atoms with Crippen LogP contribution in [0.5, 0.6) is 0 Å². The fraction of sp³-hybridized carbons (Fsp3) is 1.00. The second-order valence-electron chi connectivity index (χ2n) is 5.72. The molecule has 1 unspecified atom stereocenters. The summed E-state index contributed by atoms with van der Waals surface area (Å²) >= 11 is 0. The number of likely N-dealkylation sites (tertiary alicyclic amines) is 1. The van der Waals surface area contributed by atoms with Gasteiger partial charge in [0.05, 0.1) is 0 Å². The second kappa shape index (κ2) is 5.65.